The van der Waals surface area contributed by atoms with Crippen molar-refractivity contribution in [2.24, 2.45) is 5.10 Å². The fraction of sp³-hybridized carbons (Fsp3) is 0.0769. The molecule has 0 radical (unpaired) electrons. The van der Waals surface area contributed by atoms with Crippen LogP contribution >= 0.6 is 0 Å². The second-order valence-electron chi connectivity index (χ2n) is 8.03. The Morgan fingerprint density at radius 3 is 2.45 bits per heavy atom. The van der Waals surface area contributed by atoms with Crippen molar-refractivity contribution in [2.45, 2.75) is 13.2 Å². The highest BCUT2D eigenvalue weighted by Gasteiger charge is 2.23. The van der Waals surface area contributed by atoms with Gasteiger partial charge in [-0.25, -0.2) is 10.1 Å². The zero-order chi connectivity index (χ0) is 26.2. The summed E-state index contributed by atoms with van der Waals surface area (Å²) in [6.45, 7) is 0.669. The van der Waals surface area contributed by atoms with Crippen LogP contribution in [0.15, 0.2) is 94.7 Å². The topological polar surface area (TPSA) is 158 Å². The second-order valence-corrected chi connectivity index (χ2v) is 8.03. The van der Waals surface area contributed by atoms with E-state index in [1.54, 1.807) is 0 Å². The maximum atomic E-state index is 12.9. The number of anilines is 2. The van der Waals surface area contributed by atoms with Gasteiger partial charge in [-0.2, -0.15) is 9.78 Å². The molecule has 5 aromatic rings. The Hall–Kier alpha value is -5.52. The van der Waals surface area contributed by atoms with Gasteiger partial charge in [-0.3, -0.25) is 4.79 Å². The van der Waals surface area contributed by atoms with Crippen molar-refractivity contribution in [1.29, 1.82) is 0 Å². The van der Waals surface area contributed by atoms with E-state index >= 15 is 0 Å². The molecule has 5 rings (SSSR count). The number of nitrogens with zero attached hydrogens (tertiary/aromatic N) is 6. The molecule has 0 spiro atoms. The predicted molar refractivity (Wildman–Crippen MR) is 140 cm³/mol. The summed E-state index contributed by atoms with van der Waals surface area (Å²) >= 11 is 0. The number of nitrogens with two attached hydrogens (primary N) is 1. The van der Waals surface area contributed by atoms with Gasteiger partial charge in [0.25, 0.3) is 5.91 Å². The van der Waals surface area contributed by atoms with Gasteiger partial charge in [0.15, 0.2) is 5.69 Å². The summed E-state index contributed by atoms with van der Waals surface area (Å²) in [5.41, 5.74) is 11.4. The van der Waals surface area contributed by atoms with Crippen molar-refractivity contribution in [3.05, 3.63) is 107 Å². The molecule has 4 N–H and O–H groups in total. The third-order valence-corrected chi connectivity index (χ3v) is 5.42. The molecule has 0 atom stereocenters. The first kappa shape index (κ1) is 24.2. The normalized spacial score (nSPS) is 10.9. The Bertz CT molecular complexity index is 1510. The van der Waals surface area contributed by atoms with Crippen LogP contribution < -0.4 is 21.2 Å². The van der Waals surface area contributed by atoms with Crippen LogP contribution in [0.3, 0.4) is 0 Å². The number of rotatable bonds is 10. The van der Waals surface area contributed by atoms with Gasteiger partial charge < -0.3 is 15.8 Å². The minimum absolute atomic E-state index is 0.0111. The number of carbonyl (C=O) groups excluding carboxylic acids is 1. The first-order valence-corrected chi connectivity index (χ1v) is 11.6. The van der Waals surface area contributed by atoms with E-state index in [1.165, 1.54) is 10.9 Å². The highest BCUT2D eigenvalue weighted by molar-refractivity contribution is 5.94. The number of nitrogens with one attached hydrogen (secondary N) is 2. The van der Waals surface area contributed by atoms with Crippen LogP contribution in [0.2, 0.25) is 0 Å². The van der Waals surface area contributed by atoms with Crippen molar-refractivity contribution < 1.29 is 14.2 Å². The average Bonchev–Trinajstić information content (AvgIpc) is 3.58. The Morgan fingerprint density at radius 2 is 1.74 bits per heavy atom. The van der Waals surface area contributed by atoms with Crippen LogP contribution in [-0.2, 0) is 13.2 Å². The first-order chi connectivity index (χ1) is 18.7. The van der Waals surface area contributed by atoms with Crippen molar-refractivity contribution >= 4 is 23.6 Å². The van der Waals surface area contributed by atoms with Gasteiger partial charge in [-0.1, -0.05) is 53.7 Å². The van der Waals surface area contributed by atoms with Gasteiger partial charge >= 0.3 is 0 Å². The van der Waals surface area contributed by atoms with Crippen LogP contribution in [0.1, 0.15) is 27.3 Å². The zero-order valence-electron chi connectivity index (χ0n) is 20.1. The van der Waals surface area contributed by atoms with Crippen LogP contribution in [-0.4, -0.2) is 37.4 Å². The summed E-state index contributed by atoms with van der Waals surface area (Å²) in [7, 11) is 0. The molecular formula is C26H23N9O3. The number of aromatic nitrogens is 5. The molecule has 1 amide bonds. The highest BCUT2D eigenvalue weighted by atomic mass is 16.6. The number of hydrogen-bond acceptors (Lipinski definition) is 10. The minimum atomic E-state index is -0.560. The molecule has 190 valence electrons. The monoisotopic (exact) mass is 509 g/mol. The maximum Gasteiger partial charge on any atom is 0.293 e. The Kier molecular flexibility index (Phi) is 7.30. The molecule has 0 aliphatic heterocycles. The predicted octanol–water partition coefficient (Wildman–Crippen LogP) is 3.19. The van der Waals surface area contributed by atoms with Crippen molar-refractivity contribution in [3.8, 4) is 11.6 Å². The van der Waals surface area contributed by atoms with Gasteiger partial charge in [0, 0.05) is 5.69 Å². The third-order valence-electron chi connectivity index (χ3n) is 5.42. The Morgan fingerprint density at radius 1 is 1.00 bits per heavy atom. The summed E-state index contributed by atoms with van der Waals surface area (Å²) in [6, 6.07) is 26.7. The van der Waals surface area contributed by atoms with Crippen LogP contribution in [0.4, 0.5) is 11.5 Å². The van der Waals surface area contributed by atoms with E-state index in [2.05, 4.69) is 41.1 Å². The number of ether oxygens (including phenoxy) is 1. The van der Waals surface area contributed by atoms with Crippen LogP contribution in [0, 0.1) is 0 Å². The number of para-hydroxylation sites is 1. The largest absolute Gasteiger partial charge is 0.489 e. The number of benzene rings is 3. The van der Waals surface area contributed by atoms with Gasteiger partial charge in [0.2, 0.25) is 11.6 Å². The first-order valence-electron chi connectivity index (χ1n) is 11.6. The van der Waals surface area contributed by atoms with Gasteiger partial charge in [-0.15, -0.1) is 5.10 Å². The minimum Gasteiger partial charge on any atom is -0.489 e. The van der Waals surface area contributed by atoms with E-state index in [-0.39, 0.29) is 23.9 Å². The number of amides is 1. The zero-order valence-corrected chi connectivity index (χ0v) is 20.1. The number of carbonyl (C=O) groups is 1. The maximum absolute atomic E-state index is 12.9. The van der Waals surface area contributed by atoms with Crippen LogP contribution in [0.25, 0.3) is 5.82 Å². The molecule has 12 nitrogen and oxygen atoms in total. The molecule has 38 heavy (non-hydrogen) atoms. The molecule has 0 saturated carbocycles. The summed E-state index contributed by atoms with van der Waals surface area (Å²) in [6.07, 6.45) is 1.52. The second kappa shape index (κ2) is 11.5. The van der Waals surface area contributed by atoms with E-state index < -0.39 is 5.91 Å². The van der Waals surface area contributed by atoms with Crippen molar-refractivity contribution in [2.75, 3.05) is 11.1 Å². The summed E-state index contributed by atoms with van der Waals surface area (Å²) < 4.78 is 11.8. The van der Waals surface area contributed by atoms with E-state index in [9.17, 15) is 4.79 Å². The van der Waals surface area contributed by atoms with Crippen LogP contribution in [0.5, 0.6) is 5.75 Å². The fourth-order valence-corrected chi connectivity index (χ4v) is 3.50. The summed E-state index contributed by atoms with van der Waals surface area (Å²) in [5.74, 6) is 0.301. The van der Waals surface area contributed by atoms with E-state index in [4.69, 9.17) is 10.5 Å². The van der Waals surface area contributed by atoms with Crippen molar-refractivity contribution in [3.63, 3.8) is 0 Å². The molecule has 0 aliphatic carbocycles. The fourth-order valence-electron chi connectivity index (χ4n) is 3.50. The number of hydrazone groups is 1. The van der Waals surface area contributed by atoms with Crippen molar-refractivity contribution in [1.82, 2.24) is 30.7 Å². The lowest BCUT2D eigenvalue weighted by Crippen LogP contribution is -2.21. The SMILES string of the molecule is Nc1nonc1-n1nnc(C(=O)N/N=C/c2ccc(OCc3ccccc3)cc2)c1CNc1ccccc1. The Labute approximate surface area is 217 Å². The highest BCUT2D eigenvalue weighted by Crippen LogP contribution is 2.18. The molecule has 2 heterocycles. The molecule has 0 unspecified atom stereocenters. The lowest BCUT2D eigenvalue weighted by atomic mass is 10.2. The van der Waals surface area contributed by atoms with E-state index in [0.29, 0.717) is 12.3 Å². The molecule has 3 aromatic carbocycles. The van der Waals surface area contributed by atoms with E-state index in [1.807, 2.05) is 84.9 Å². The molecule has 0 bridgehead atoms. The lowest BCUT2D eigenvalue weighted by Gasteiger charge is -2.08. The molecule has 0 aliphatic rings. The molecule has 12 heteroatoms. The molecule has 0 fully saturated rings. The standard InChI is InChI=1S/C26H23N9O3/c27-24-25(33-38-32-24)35-22(16-28-20-9-5-2-6-10-20)23(30-34-35)26(36)31-29-15-18-11-13-21(14-12-18)37-17-19-7-3-1-4-8-19/h1-15,28H,16-17H2,(H2,27,32)(H,31,36)/b29-15+. The quantitative estimate of drug-likeness (QED) is 0.190. The number of nitrogen functional groups attached to an aromatic ring is 1. The summed E-state index contributed by atoms with van der Waals surface area (Å²) in [4.78, 5) is 12.9. The van der Waals surface area contributed by atoms with Gasteiger partial charge in [0.1, 0.15) is 12.4 Å². The summed E-state index contributed by atoms with van der Waals surface area (Å²) in [5, 5.41) is 22.7. The third kappa shape index (κ3) is 5.82. The molecule has 2 aromatic heterocycles. The van der Waals surface area contributed by atoms with Gasteiger partial charge in [-0.05, 0) is 57.8 Å². The smallest absolute Gasteiger partial charge is 0.293 e. The number of hydrogen-bond donors (Lipinski definition) is 3. The Balaban J connectivity index is 1.25. The lowest BCUT2D eigenvalue weighted by molar-refractivity contribution is 0.0949. The van der Waals surface area contributed by atoms with Gasteiger partial charge in [0.05, 0.1) is 18.5 Å². The van der Waals surface area contributed by atoms with E-state index in [0.717, 1.165) is 22.6 Å². The average molecular weight is 510 g/mol. The molecule has 0 saturated heterocycles. The molecular weight excluding hydrogens is 486 g/mol.